The molecule has 0 heterocycles. The largest absolute Gasteiger partial charge is 0.497 e. The summed E-state index contributed by atoms with van der Waals surface area (Å²) >= 11 is 0. The smallest absolute Gasteiger partial charge is 0.279 e. The molecule has 2 amide bonds. The van der Waals surface area contributed by atoms with Crippen LogP contribution in [0.2, 0.25) is 0 Å². The Morgan fingerprint density at radius 1 is 0.963 bits per heavy atom. The van der Waals surface area contributed by atoms with Gasteiger partial charge in [0, 0.05) is 12.2 Å². The van der Waals surface area contributed by atoms with Gasteiger partial charge < -0.3 is 20.3 Å². The summed E-state index contributed by atoms with van der Waals surface area (Å²) < 4.78 is 5.12. The summed E-state index contributed by atoms with van der Waals surface area (Å²) in [5, 5.41) is 5.74. The van der Waals surface area contributed by atoms with E-state index >= 15 is 0 Å². The average molecular weight is 370 g/mol. The lowest BCUT2D eigenvalue weighted by atomic mass is 10.1. The van der Waals surface area contributed by atoms with E-state index in [1.54, 1.807) is 7.11 Å². The van der Waals surface area contributed by atoms with Crippen LogP contribution in [-0.4, -0.2) is 45.6 Å². The molecule has 144 valence electrons. The van der Waals surface area contributed by atoms with Gasteiger partial charge in [-0.15, -0.1) is 0 Å². The second-order valence-corrected chi connectivity index (χ2v) is 6.67. The van der Waals surface area contributed by atoms with E-state index < -0.39 is 0 Å². The third-order valence-corrected chi connectivity index (χ3v) is 4.15. The van der Waals surface area contributed by atoms with Crippen LogP contribution in [0.1, 0.15) is 11.1 Å². The van der Waals surface area contributed by atoms with E-state index in [1.807, 2.05) is 62.5 Å². The molecule has 1 atom stereocenters. The zero-order valence-electron chi connectivity index (χ0n) is 16.2. The third kappa shape index (κ3) is 7.50. The number of quaternary nitrogens is 1. The summed E-state index contributed by atoms with van der Waals surface area (Å²) in [7, 11) is 3.47. The van der Waals surface area contributed by atoms with Gasteiger partial charge in [0.1, 0.15) is 5.75 Å². The highest BCUT2D eigenvalue weighted by molar-refractivity contribution is 5.91. The van der Waals surface area contributed by atoms with Crippen molar-refractivity contribution in [3.8, 4) is 5.75 Å². The molecule has 0 aliphatic rings. The van der Waals surface area contributed by atoms with E-state index in [2.05, 4.69) is 10.6 Å². The van der Waals surface area contributed by atoms with E-state index in [0.29, 0.717) is 6.54 Å². The minimum Gasteiger partial charge on any atom is -0.497 e. The normalized spacial score (nSPS) is 11.5. The number of carbonyl (C=O) groups excluding carboxylic acids is 2. The van der Waals surface area contributed by atoms with Crippen LogP contribution >= 0.6 is 0 Å². The lowest BCUT2D eigenvalue weighted by Crippen LogP contribution is -3.11. The molecular weight excluding hydrogens is 342 g/mol. The molecule has 1 unspecified atom stereocenters. The fraction of sp³-hybridized carbons (Fsp3) is 0.333. The number of aryl methyl sites for hydroxylation is 1. The lowest BCUT2D eigenvalue weighted by Gasteiger charge is -2.14. The molecule has 0 bridgehead atoms. The maximum absolute atomic E-state index is 12.1. The fourth-order valence-electron chi connectivity index (χ4n) is 2.65. The second kappa shape index (κ2) is 10.3. The summed E-state index contributed by atoms with van der Waals surface area (Å²) in [6.45, 7) is 3.05. The molecule has 0 aliphatic carbocycles. The molecule has 0 saturated carbocycles. The zero-order chi connectivity index (χ0) is 19.6. The van der Waals surface area contributed by atoms with E-state index in [4.69, 9.17) is 4.74 Å². The predicted molar refractivity (Wildman–Crippen MR) is 106 cm³/mol. The van der Waals surface area contributed by atoms with Crippen molar-refractivity contribution in [2.45, 2.75) is 13.3 Å². The molecule has 2 aromatic rings. The Balaban J connectivity index is 1.66. The topological polar surface area (TPSA) is 71.9 Å². The van der Waals surface area contributed by atoms with Crippen LogP contribution in [0.3, 0.4) is 0 Å². The minimum absolute atomic E-state index is 0.0656. The Bertz CT molecular complexity index is 742. The molecule has 27 heavy (non-hydrogen) atoms. The van der Waals surface area contributed by atoms with Crippen molar-refractivity contribution in [1.29, 1.82) is 0 Å². The molecule has 0 aromatic heterocycles. The monoisotopic (exact) mass is 370 g/mol. The van der Waals surface area contributed by atoms with E-state index in [-0.39, 0.29) is 24.9 Å². The molecule has 0 saturated heterocycles. The van der Waals surface area contributed by atoms with Gasteiger partial charge in [0.05, 0.1) is 14.2 Å². The molecular formula is C21H28N3O3+. The first-order valence-electron chi connectivity index (χ1n) is 9.03. The molecule has 6 nitrogen and oxygen atoms in total. The van der Waals surface area contributed by atoms with Crippen molar-refractivity contribution in [2.75, 3.05) is 39.1 Å². The molecule has 2 aromatic carbocycles. The highest BCUT2D eigenvalue weighted by Crippen LogP contribution is 2.11. The van der Waals surface area contributed by atoms with E-state index in [0.717, 1.165) is 33.9 Å². The number of ether oxygens (including phenoxy) is 1. The Kier molecular flexibility index (Phi) is 7.82. The minimum atomic E-state index is -0.109. The first kappa shape index (κ1) is 20.5. The number of hydrogen-bond acceptors (Lipinski definition) is 3. The van der Waals surface area contributed by atoms with Gasteiger partial charge >= 0.3 is 0 Å². The molecule has 6 heteroatoms. The summed E-state index contributed by atoms with van der Waals surface area (Å²) in [6, 6.07) is 15.4. The number of methoxy groups -OCH3 is 1. The first-order valence-corrected chi connectivity index (χ1v) is 9.03. The Labute approximate surface area is 160 Å². The molecule has 3 N–H and O–H groups in total. The van der Waals surface area contributed by atoms with Gasteiger partial charge in [-0.05, 0) is 43.2 Å². The SMILES string of the molecule is COc1ccc(CCNC(=O)C[NH+](C)CC(=O)Nc2ccc(C)cc2)cc1. The summed E-state index contributed by atoms with van der Waals surface area (Å²) in [6.07, 6.45) is 0.753. The Morgan fingerprint density at radius 3 is 2.22 bits per heavy atom. The maximum atomic E-state index is 12.1. The quantitative estimate of drug-likeness (QED) is 0.612. The van der Waals surface area contributed by atoms with Crippen LogP contribution in [0.4, 0.5) is 5.69 Å². The van der Waals surface area contributed by atoms with Gasteiger partial charge in [-0.2, -0.15) is 0 Å². The lowest BCUT2D eigenvalue weighted by molar-refractivity contribution is -0.862. The number of hydrogen-bond donors (Lipinski definition) is 3. The van der Waals surface area contributed by atoms with Crippen molar-refractivity contribution in [3.05, 3.63) is 59.7 Å². The summed E-state index contributed by atoms with van der Waals surface area (Å²) in [5.74, 6) is 0.642. The van der Waals surface area contributed by atoms with Crippen molar-refractivity contribution in [1.82, 2.24) is 5.32 Å². The van der Waals surface area contributed by atoms with Crippen LogP contribution < -0.4 is 20.3 Å². The van der Waals surface area contributed by atoms with Gasteiger partial charge in [0.2, 0.25) is 0 Å². The molecule has 0 aliphatic heterocycles. The predicted octanol–water partition coefficient (Wildman–Crippen LogP) is 0.816. The van der Waals surface area contributed by atoms with Crippen LogP contribution in [0.25, 0.3) is 0 Å². The zero-order valence-corrected chi connectivity index (χ0v) is 16.2. The standard InChI is InChI=1S/C21H27N3O3/c1-16-4-8-18(9-5-16)23-21(26)15-24(2)14-20(25)22-13-12-17-6-10-19(27-3)11-7-17/h4-11H,12-15H2,1-3H3,(H,22,25)(H,23,26)/p+1. The maximum Gasteiger partial charge on any atom is 0.279 e. The van der Waals surface area contributed by atoms with Crippen LogP contribution in [0.5, 0.6) is 5.75 Å². The van der Waals surface area contributed by atoms with E-state index in [1.165, 1.54) is 0 Å². The number of nitrogens with one attached hydrogen (secondary N) is 3. The first-order chi connectivity index (χ1) is 13.0. The van der Waals surface area contributed by atoms with Crippen molar-refractivity contribution in [3.63, 3.8) is 0 Å². The summed E-state index contributed by atoms with van der Waals surface area (Å²) in [5.41, 5.74) is 3.04. The number of benzene rings is 2. The van der Waals surface area contributed by atoms with Crippen molar-refractivity contribution >= 4 is 17.5 Å². The van der Waals surface area contributed by atoms with Gasteiger partial charge in [0.15, 0.2) is 13.1 Å². The molecule has 0 spiro atoms. The molecule has 2 rings (SSSR count). The second-order valence-electron chi connectivity index (χ2n) is 6.67. The number of anilines is 1. The average Bonchev–Trinajstić information content (AvgIpc) is 2.64. The van der Waals surface area contributed by atoms with Crippen LogP contribution in [-0.2, 0) is 16.0 Å². The Hall–Kier alpha value is -2.86. The number of amides is 2. The number of rotatable bonds is 9. The summed E-state index contributed by atoms with van der Waals surface area (Å²) in [4.78, 5) is 24.9. The number of carbonyl (C=O) groups is 2. The van der Waals surface area contributed by atoms with Crippen LogP contribution in [0, 0.1) is 6.92 Å². The highest BCUT2D eigenvalue weighted by Gasteiger charge is 2.14. The number of likely N-dealkylation sites (N-methyl/N-ethyl adjacent to an activating group) is 1. The van der Waals surface area contributed by atoms with Crippen molar-refractivity contribution in [2.24, 2.45) is 0 Å². The van der Waals surface area contributed by atoms with E-state index in [9.17, 15) is 9.59 Å². The highest BCUT2D eigenvalue weighted by atomic mass is 16.5. The van der Waals surface area contributed by atoms with Gasteiger partial charge in [-0.1, -0.05) is 29.8 Å². The van der Waals surface area contributed by atoms with Gasteiger partial charge in [-0.25, -0.2) is 0 Å². The van der Waals surface area contributed by atoms with Crippen LogP contribution in [0.15, 0.2) is 48.5 Å². The molecule has 0 radical (unpaired) electrons. The van der Waals surface area contributed by atoms with Gasteiger partial charge in [0.25, 0.3) is 11.8 Å². The van der Waals surface area contributed by atoms with Crippen molar-refractivity contribution < 1.29 is 19.2 Å². The van der Waals surface area contributed by atoms with Gasteiger partial charge in [-0.3, -0.25) is 9.59 Å². The third-order valence-electron chi connectivity index (χ3n) is 4.15. The molecule has 0 fully saturated rings. The fourth-order valence-corrected chi connectivity index (χ4v) is 2.65. The Morgan fingerprint density at radius 2 is 1.59 bits per heavy atom.